The monoisotopic (exact) mass is 468 g/mol. The normalized spacial score (nSPS) is 12.2. The van der Waals surface area contributed by atoms with Gasteiger partial charge in [0, 0.05) is 24.5 Å². The molecule has 172 valence electrons. The third-order valence-corrected chi connectivity index (χ3v) is 7.01. The summed E-state index contributed by atoms with van der Waals surface area (Å²) >= 11 is 1.58. The van der Waals surface area contributed by atoms with Crippen molar-refractivity contribution in [3.8, 4) is 16.9 Å². The number of aromatic nitrogens is 3. The van der Waals surface area contributed by atoms with Crippen molar-refractivity contribution in [1.29, 1.82) is 0 Å². The summed E-state index contributed by atoms with van der Waals surface area (Å²) in [6.45, 7) is 7.18. The van der Waals surface area contributed by atoms with Gasteiger partial charge in [0.1, 0.15) is 0 Å². The van der Waals surface area contributed by atoms with Crippen LogP contribution in [0.1, 0.15) is 19.5 Å². The second kappa shape index (κ2) is 8.95. The van der Waals surface area contributed by atoms with Crippen molar-refractivity contribution in [2.24, 2.45) is 18.0 Å². The van der Waals surface area contributed by atoms with Gasteiger partial charge in [0.2, 0.25) is 0 Å². The number of hydrogen-bond donors (Lipinski definition) is 0. The number of thiazole rings is 1. The summed E-state index contributed by atoms with van der Waals surface area (Å²) < 4.78 is 5.82. The van der Waals surface area contributed by atoms with Crippen LogP contribution in [0.5, 0.6) is 0 Å². The Morgan fingerprint density at radius 3 is 2.41 bits per heavy atom. The van der Waals surface area contributed by atoms with Crippen LogP contribution in [-0.4, -0.2) is 13.9 Å². The van der Waals surface area contributed by atoms with Gasteiger partial charge in [0.25, 0.3) is 5.56 Å². The van der Waals surface area contributed by atoms with Crippen LogP contribution in [0.3, 0.4) is 0 Å². The van der Waals surface area contributed by atoms with Crippen LogP contribution in [0, 0.1) is 12.8 Å². The summed E-state index contributed by atoms with van der Waals surface area (Å²) in [6.07, 6.45) is 0. The van der Waals surface area contributed by atoms with Crippen molar-refractivity contribution < 1.29 is 0 Å². The van der Waals surface area contributed by atoms with Crippen molar-refractivity contribution >= 4 is 27.8 Å². The molecule has 0 spiro atoms. The summed E-state index contributed by atoms with van der Waals surface area (Å²) in [5.74, 6) is 0.431. The van der Waals surface area contributed by atoms with Crippen LogP contribution in [0.25, 0.3) is 27.7 Å². The number of nitrogens with zero attached hydrogens (tertiary/aromatic N) is 4. The van der Waals surface area contributed by atoms with E-state index in [9.17, 15) is 4.79 Å². The van der Waals surface area contributed by atoms with E-state index >= 15 is 0 Å². The number of hydrogen-bond acceptors (Lipinski definition) is 3. The summed E-state index contributed by atoms with van der Waals surface area (Å²) in [6, 6.07) is 24.6. The van der Waals surface area contributed by atoms with E-state index in [0.717, 1.165) is 28.4 Å². The Morgan fingerprint density at radius 2 is 1.65 bits per heavy atom. The average molecular weight is 469 g/mol. The molecule has 5 nitrogen and oxygen atoms in total. The van der Waals surface area contributed by atoms with Crippen LogP contribution in [0.15, 0.2) is 88.0 Å². The maximum absolute atomic E-state index is 13.4. The summed E-state index contributed by atoms with van der Waals surface area (Å²) in [5.41, 5.74) is 4.36. The first-order valence-corrected chi connectivity index (χ1v) is 12.4. The SMILES string of the molecule is Cc1c(N=c2scc(-c3cccc4ccccc34)n2CC(C)C)c(=O)n(-c2ccccc2)n1C. The Labute approximate surface area is 202 Å². The highest BCUT2D eigenvalue weighted by molar-refractivity contribution is 7.07. The minimum absolute atomic E-state index is 0.109. The zero-order valence-corrected chi connectivity index (χ0v) is 20.7. The standard InChI is InChI=1S/C28H28N4OS/c1-19(2)17-31-25(24-16-10-12-21-11-8-9-15-23(21)24)18-34-28(31)29-26-20(3)30(4)32(27(26)33)22-13-6-5-7-14-22/h5-16,18-19H,17H2,1-4H3. The van der Waals surface area contributed by atoms with Crippen molar-refractivity contribution in [1.82, 2.24) is 13.9 Å². The van der Waals surface area contributed by atoms with Gasteiger partial charge in [-0.05, 0) is 35.7 Å². The van der Waals surface area contributed by atoms with Crippen LogP contribution >= 0.6 is 11.3 Å². The number of para-hydroxylation sites is 1. The van der Waals surface area contributed by atoms with Crippen molar-refractivity contribution in [3.05, 3.63) is 99.0 Å². The Hall–Kier alpha value is -3.64. The minimum atomic E-state index is -0.109. The molecule has 0 aliphatic carbocycles. The van der Waals surface area contributed by atoms with Gasteiger partial charge in [-0.15, -0.1) is 11.3 Å². The van der Waals surface area contributed by atoms with Gasteiger partial charge in [-0.25, -0.2) is 9.67 Å². The maximum atomic E-state index is 13.4. The molecule has 5 rings (SSSR count). The smallest absolute Gasteiger partial charge is 0.297 e. The molecule has 0 aliphatic rings. The summed E-state index contributed by atoms with van der Waals surface area (Å²) in [7, 11) is 1.90. The fraction of sp³-hybridized carbons (Fsp3) is 0.214. The highest BCUT2D eigenvalue weighted by Crippen LogP contribution is 2.29. The molecule has 0 N–H and O–H groups in total. The van der Waals surface area contributed by atoms with E-state index in [0.29, 0.717) is 11.6 Å². The maximum Gasteiger partial charge on any atom is 0.297 e. The molecule has 6 heteroatoms. The molecule has 0 unspecified atom stereocenters. The first-order chi connectivity index (χ1) is 16.5. The summed E-state index contributed by atoms with van der Waals surface area (Å²) in [4.78, 5) is 19.2. The van der Waals surface area contributed by atoms with Gasteiger partial charge in [-0.3, -0.25) is 9.48 Å². The Bertz CT molecular complexity index is 1590. The molecule has 2 heterocycles. The molecule has 0 saturated heterocycles. The highest BCUT2D eigenvalue weighted by Gasteiger charge is 2.17. The zero-order valence-electron chi connectivity index (χ0n) is 19.9. The van der Waals surface area contributed by atoms with Crippen LogP contribution in [-0.2, 0) is 13.6 Å². The second-order valence-electron chi connectivity index (χ2n) is 8.96. The molecule has 0 amide bonds. The predicted octanol–water partition coefficient (Wildman–Crippen LogP) is 6.06. The lowest BCUT2D eigenvalue weighted by atomic mass is 10.0. The molecule has 2 aromatic heterocycles. The topological polar surface area (TPSA) is 44.2 Å². The van der Waals surface area contributed by atoms with Gasteiger partial charge in [-0.2, -0.15) is 0 Å². The number of rotatable bonds is 5. The third kappa shape index (κ3) is 3.84. The fourth-order valence-electron chi connectivity index (χ4n) is 4.40. The van der Waals surface area contributed by atoms with E-state index < -0.39 is 0 Å². The Balaban J connectivity index is 1.73. The molecule has 5 aromatic rings. The van der Waals surface area contributed by atoms with Crippen molar-refractivity contribution in [2.75, 3.05) is 0 Å². The lowest BCUT2D eigenvalue weighted by Crippen LogP contribution is -2.21. The fourth-order valence-corrected chi connectivity index (χ4v) is 5.32. The molecule has 3 aromatic carbocycles. The molecule has 0 bridgehead atoms. The highest BCUT2D eigenvalue weighted by atomic mass is 32.1. The second-order valence-corrected chi connectivity index (χ2v) is 9.79. The third-order valence-electron chi connectivity index (χ3n) is 6.14. The molecular weight excluding hydrogens is 440 g/mol. The molecule has 0 saturated carbocycles. The first kappa shape index (κ1) is 22.2. The molecule has 0 fully saturated rings. The Kier molecular flexibility index (Phi) is 5.84. The van der Waals surface area contributed by atoms with Crippen LogP contribution < -0.4 is 10.4 Å². The van der Waals surface area contributed by atoms with Gasteiger partial charge in [-0.1, -0.05) is 74.5 Å². The molecular formula is C28H28N4OS. The van der Waals surface area contributed by atoms with E-state index in [1.165, 1.54) is 16.3 Å². The zero-order chi connectivity index (χ0) is 23.8. The van der Waals surface area contributed by atoms with E-state index in [-0.39, 0.29) is 5.56 Å². The average Bonchev–Trinajstić information content (AvgIpc) is 3.32. The lowest BCUT2D eigenvalue weighted by molar-refractivity contribution is 0.518. The van der Waals surface area contributed by atoms with Gasteiger partial charge in [0.15, 0.2) is 10.5 Å². The van der Waals surface area contributed by atoms with Gasteiger partial charge in [0.05, 0.1) is 17.1 Å². The molecule has 0 aliphatic heterocycles. The molecule has 0 radical (unpaired) electrons. The van der Waals surface area contributed by atoms with Gasteiger partial charge < -0.3 is 4.57 Å². The lowest BCUT2D eigenvalue weighted by Gasteiger charge is -2.13. The first-order valence-electron chi connectivity index (χ1n) is 11.5. The van der Waals surface area contributed by atoms with Gasteiger partial charge >= 0.3 is 0 Å². The quantitative estimate of drug-likeness (QED) is 0.309. The Morgan fingerprint density at radius 1 is 0.941 bits per heavy atom. The number of fused-ring (bicyclic) bond motifs is 1. The van der Waals surface area contributed by atoms with Crippen LogP contribution in [0.2, 0.25) is 0 Å². The van der Waals surface area contributed by atoms with Crippen LogP contribution in [0.4, 0.5) is 5.69 Å². The largest absolute Gasteiger partial charge is 0.316 e. The number of benzene rings is 3. The van der Waals surface area contributed by atoms with Crippen molar-refractivity contribution in [2.45, 2.75) is 27.3 Å². The minimum Gasteiger partial charge on any atom is -0.316 e. The van der Waals surface area contributed by atoms with Crippen molar-refractivity contribution in [3.63, 3.8) is 0 Å². The van der Waals surface area contributed by atoms with E-state index in [1.807, 2.05) is 49.0 Å². The molecule has 34 heavy (non-hydrogen) atoms. The molecule has 0 atom stereocenters. The van der Waals surface area contributed by atoms with E-state index in [1.54, 1.807) is 16.0 Å². The van der Waals surface area contributed by atoms with E-state index in [4.69, 9.17) is 4.99 Å². The predicted molar refractivity (Wildman–Crippen MR) is 141 cm³/mol. The summed E-state index contributed by atoms with van der Waals surface area (Å²) in [5, 5.41) is 4.59. The van der Waals surface area contributed by atoms with E-state index in [2.05, 4.69) is 66.3 Å².